The lowest BCUT2D eigenvalue weighted by Gasteiger charge is -1.84. The van der Waals surface area contributed by atoms with Gasteiger partial charge in [0.05, 0.1) is 5.04 Å². The average molecular weight is 205 g/mol. The minimum atomic E-state index is 1.05. The second-order valence-corrected chi connectivity index (χ2v) is 2.03. The Morgan fingerprint density at radius 1 is 1.08 bits per heavy atom. The summed E-state index contributed by atoms with van der Waals surface area (Å²) in [6.45, 7) is 17.4. The van der Waals surface area contributed by atoms with E-state index in [2.05, 4.69) is 11.6 Å². The number of aliphatic imine (C=N–C) groups is 1. The number of hydrogen-bond donors (Lipinski definition) is 0. The number of hydrogen-bond acceptors (Lipinski definition) is 2. The van der Waals surface area contributed by atoms with Gasteiger partial charge in [-0.15, -0.1) is 11.8 Å². The zero-order valence-corrected chi connectivity index (χ0v) is 11.5. The van der Waals surface area contributed by atoms with Crippen molar-refractivity contribution in [1.82, 2.24) is 0 Å². The molecule has 0 aromatic rings. The summed E-state index contributed by atoms with van der Waals surface area (Å²) >= 11 is 1.63. The molecule has 0 heterocycles. The van der Waals surface area contributed by atoms with E-state index in [4.69, 9.17) is 0 Å². The number of rotatable bonds is 1. The zero-order valence-electron chi connectivity index (χ0n) is 10.6. The van der Waals surface area contributed by atoms with E-state index < -0.39 is 0 Å². The molecule has 0 atom stereocenters. The van der Waals surface area contributed by atoms with Gasteiger partial charge >= 0.3 is 0 Å². The van der Waals surface area contributed by atoms with Crippen molar-refractivity contribution in [3.8, 4) is 0 Å². The van der Waals surface area contributed by atoms with Crippen LogP contribution >= 0.6 is 11.8 Å². The van der Waals surface area contributed by atoms with Gasteiger partial charge in [0.1, 0.15) is 0 Å². The predicted molar refractivity (Wildman–Crippen MR) is 70.9 cm³/mol. The van der Waals surface area contributed by atoms with Crippen LogP contribution in [0.3, 0.4) is 0 Å². The minimum Gasteiger partial charge on any atom is -0.255 e. The van der Waals surface area contributed by atoms with E-state index in [1.54, 1.807) is 18.0 Å². The van der Waals surface area contributed by atoms with E-state index in [0.29, 0.717) is 0 Å². The Hall–Kier alpha value is -0.240. The van der Waals surface area contributed by atoms with Crippen molar-refractivity contribution in [2.24, 2.45) is 4.99 Å². The molecule has 0 unspecified atom stereocenters. The van der Waals surface area contributed by atoms with Crippen molar-refractivity contribution in [2.75, 3.05) is 6.26 Å². The molecule has 0 spiro atoms. The van der Waals surface area contributed by atoms with Crippen molar-refractivity contribution in [1.29, 1.82) is 0 Å². The molecule has 0 saturated heterocycles. The van der Waals surface area contributed by atoms with Gasteiger partial charge in [-0.3, -0.25) is 4.99 Å². The van der Waals surface area contributed by atoms with Gasteiger partial charge in [0, 0.05) is 6.20 Å². The SMILES string of the molecule is C=CN=C(C)SC.CC.CC.CC. The molecule has 82 valence electrons. The Morgan fingerprint density at radius 2 is 1.38 bits per heavy atom. The summed E-state index contributed by atoms with van der Waals surface area (Å²) in [5.41, 5.74) is 0. The highest BCUT2D eigenvalue weighted by Crippen LogP contribution is 1.95. The topological polar surface area (TPSA) is 12.4 Å². The first-order chi connectivity index (χ1) is 6.31. The Labute approximate surface area is 89.7 Å². The molecule has 0 radical (unpaired) electrons. The van der Waals surface area contributed by atoms with Gasteiger partial charge in [-0.1, -0.05) is 48.1 Å². The van der Waals surface area contributed by atoms with Crippen LogP contribution in [0, 0.1) is 0 Å². The summed E-state index contributed by atoms with van der Waals surface area (Å²) in [7, 11) is 0. The lowest BCUT2D eigenvalue weighted by Crippen LogP contribution is -1.75. The summed E-state index contributed by atoms with van der Waals surface area (Å²) < 4.78 is 0. The van der Waals surface area contributed by atoms with E-state index in [-0.39, 0.29) is 0 Å². The van der Waals surface area contributed by atoms with E-state index in [1.807, 2.05) is 54.7 Å². The van der Waals surface area contributed by atoms with Gasteiger partial charge in [-0.25, -0.2) is 0 Å². The molecule has 0 aromatic carbocycles. The van der Waals surface area contributed by atoms with Gasteiger partial charge < -0.3 is 0 Å². The predicted octanol–water partition coefficient (Wildman–Crippen LogP) is 4.99. The maximum atomic E-state index is 3.89. The largest absolute Gasteiger partial charge is 0.255 e. The Bertz CT molecular complexity index is 88.1. The molecule has 0 saturated carbocycles. The van der Waals surface area contributed by atoms with Crippen LogP contribution in [-0.4, -0.2) is 11.3 Å². The molecule has 0 fully saturated rings. The van der Waals surface area contributed by atoms with Crippen LogP contribution in [0.1, 0.15) is 48.5 Å². The second-order valence-electron chi connectivity index (χ2n) is 1.03. The molecule has 0 rings (SSSR count). The normalized spacial score (nSPS) is 7.54. The van der Waals surface area contributed by atoms with Crippen molar-refractivity contribution in [2.45, 2.75) is 48.5 Å². The van der Waals surface area contributed by atoms with E-state index >= 15 is 0 Å². The summed E-state index contributed by atoms with van der Waals surface area (Å²) in [5.74, 6) is 0. The molecular weight excluding hydrogens is 178 g/mol. The molecule has 0 aliphatic carbocycles. The fourth-order valence-electron chi connectivity index (χ4n) is 0.181. The number of nitrogens with zero attached hydrogens (tertiary/aromatic N) is 1. The van der Waals surface area contributed by atoms with E-state index in [9.17, 15) is 0 Å². The molecule has 0 amide bonds. The lowest BCUT2D eigenvalue weighted by molar-refractivity contribution is 1.50. The molecule has 13 heavy (non-hydrogen) atoms. The second kappa shape index (κ2) is 41.0. The fourth-order valence-corrected chi connectivity index (χ4v) is 0.361. The van der Waals surface area contributed by atoms with Gasteiger partial charge in [0.2, 0.25) is 0 Å². The average Bonchev–Trinajstić information content (AvgIpc) is 2.27. The van der Waals surface area contributed by atoms with Crippen LogP contribution in [0.2, 0.25) is 0 Å². The lowest BCUT2D eigenvalue weighted by atomic mass is 10.8. The quantitative estimate of drug-likeness (QED) is 0.434. The highest BCUT2D eigenvalue weighted by Gasteiger charge is 1.77. The first-order valence-electron chi connectivity index (χ1n) is 5.00. The summed E-state index contributed by atoms with van der Waals surface area (Å²) in [4.78, 5) is 3.89. The standard InChI is InChI=1S/C5H9NS.3C2H6/c1-4-6-5(2)7-3;3*1-2/h4H,1H2,2-3H3;3*1-2H3. The van der Waals surface area contributed by atoms with Crippen molar-refractivity contribution in [3.63, 3.8) is 0 Å². The highest BCUT2D eigenvalue weighted by atomic mass is 32.2. The van der Waals surface area contributed by atoms with Crippen LogP contribution in [0.15, 0.2) is 17.8 Å². The molecule has 0 aliphatic heterocycles. The van der Waals surface area contributed by atoms with Crippen LogP contribution in [0.4, 0.5) is 0 Å². The van der Waals surface area contributed by atoms with E-state index in [0.717, 1.165) is 5.04 Å². The maximum absolute atomic E-state index is 3.89. The summed E-state index contributed by atoms with van der Waals surface area (Å²) in [6.07, 6.45) is 3.54. The fraction of sp³-hybridized carbons (Fsp3) is 0.727. The Kier molecular flexibility index (Phi) is 72.6. The smallest absolute Gasteiger partial charge is 0.0697 e. The first-order valence-corrected chi connectivity index (χ1v) is 6.23. The van der Waals surface area contributed by atoms with Crippen LogP contribution in [0.25, 0.3) is 0 Å². The van der Waals surface area contributed by atoms with Crippen molar-refractivity contribution >= 4 is 16.8 Å². The zero-order chi connectivity index (χ0) is 11.7. The van der Waals surface area contributed by atoms with Gasteiger partial charge in [0.25, 0.3) is 0 Å². The van der Waals surface area contributed by atoms with Gasteiger partial charge in [-0.2, -0.15) is 0 Å². The summed E-state index contributed by atoms with van der Waals surface area (Å²) in [6, 6.07) is 0. The minimum absolute atomic E-state index is 1.05. The van der Waals surface area contributed by atoms with Gasteiger partial charge in [-0.05, 0) is 13.2 Å². The molecular formula is C11H27NS. The van der Waals surface area contributed by atoms with Crippen LogP contribution in [0.5, 0.6) is 0 Å². The Morgan fingerprint density at radius 3 is 1.46 bits per heavy atom. The molecule has 0 aliphatic rings. The van der Waals surface area contributed by atoms with Crippen molar-refractivity contribution < 1.29 is 0 Å². The van der Waals surface area contributed by atoms with Crippen LogP contribution in [-0.2, 0) is 0 Å². The summed E-state index contributed by atoms with van der Waals surface area (Å²) in [5, 5.41) is 1.05. The molecule has 0 aromatic heterocycles. The number of thioether (sulfide) groups is 1. The molecule has 2 heteroatoms. The monoisotopic (exact) mass is 205 g/mol. The molecule has 1 nitrogen and oxygen atoms in total. The molecule has 0 N–H and O–H groups in total. The molecule has 0 bridgehead atoms. The van der Waals surface area contributed by atoms with Crippen molar-refractivity contribution in [3.05, 3.63) is 12.8 Å². The third-order valence-electron chi connectivity index (χ3n) is 0.569. The third-order valence-corrected chi connectivity index (χ3v) is 1.26. The van der Waals surface area contributed by atoms with Gasteiger partial charge in [0.15, 0.2) is 0 Å². The first kappa shape index (κ1) is 23.0. The maximum Gasteiger partial charge on any atom is 0.0697 e. The van der Waals surface area contributed by atoms with Crippen LogP contribution < -0.4 is 0 Å². The highest BCUT2D eigenvalue weighted by molar-refractivity contribution is 8.13. The van der Waals surface area contributed by atoms with E-state index in [1.165, 1.54) is 0 Å². The third kappa shape index (κ3) is 49.4. The Balaban J connectivity index is -0.0000000573.